The smallest absolute Gasteiger partial charge is 0.396 e. The minimum absolute atomic E-state index is 0.0425. The van der Waals surface area contributed by atoms with Gasteiger partial charge in [-0.3, -0.25) is 4.55 Å². The van der Waals surface area contributed by atoms with Crippen molar-refractivity contribution in [2.45, 2.75) is 128 Å². The average molecular weight is 707 g/mol. The number of rotatable bonds is 10. The lowest BCUT2D eigenvalue weighted by atomic mass is 9.42. The zero-order valence-electron chi connectivity index (χ0n) is 29.0. The summed E-state index contributed by atoms with van der Waals surface area (Å²) in [5, 5.41) is 66.8. The molecule has 48 heavy (non-hydrogen) atoms. The molecule has 4 saturated carbocycles. The fourth-order valence-electron chi connectivity index (χ4n) is 11.0. The van der Waals surface area contributed by atoms with Crippen LogP contribution in [0.1, 0.15) is 73.1 Å². The molecule has 0 amide bonds. The summed E-state index contributed by atoms with van der Waals surface area (Å²) in [6.07, 6.45) is -1.75. The van der Waals surface area contributed by atoms with Crippen LogP contribution < -0.4 is 0 Å². The molecule has 0 radical (unpaired) electrons. The summed E-state index contributed by atoms with van der Waals surface area (Å²) in [5.74, 6) is -2.36. The van der Waals surface area contributed by atoms with Crippen molar-refractivity contribution in [2.75, 3.05) is 20.3 Å². The van der Waals surface area contributed by atoms with Crippen LogP contribution in [0.3, 0.4) is 0 Å². The number of aliphatic hydroxyl groups is 6. The largest absolute Gasteiger partial charge is 0.397 e. The molecule has 5 rings (SSSR count). The van der Waals surface area contributed by atoms with Crippen molar-refractivity contribution in [2.24, 2.45) is 52.3 Å². The van der Waals surface area contributed by atoms with Crippen molar-refractivity contribution in [3.63, 3.8) is 0 Å². The Kier molecular flexibility index (Phi) is 11.2. The molecule has 17 atom stereocenters. The first-order valence-corrected chi connectivity index (χ1v) is 18.9. The van der Waals surface area contributed by atoms with Crippen LogP contribution in [0.5, 0.6) is 0 Å². The summed E-state index contributed by atoms with van der Waals surface area (Å²) in [5.41, 5.74) is -3.03. The van der Waals surface area contributed by atoms with Crippen LogP contribution in [0.4, 0.5) is 0 Å². The van der Waals surface area contributed by atoms with E-state index >= 15 is 0 Å². The average Bonchev–Trinajstić information content (AvgIpc) is 3.20. The number of hydrogen-bond donors (Lipinski definition) is 7. The highest BCUT2D eigenvalue weighted by atomic mass is 32.3. The molecule has 0 aromatic heterocycles. The third-order valence-corrected chi connectivity index (χ3v) is 13.8. The molecule has 0 bridgehead atoms. The fraction of sp³-hybridized carbons (Fsp3) is 0.941. The number of allylic oxidation sites excluding steroid dienone is 1. The third kappa shape index (κ3) is 6.67. The van der Waals surface area contributed by atoms with Gasteiger partial charge in [-0.25, -0.2) is 4.18 Å². The Hall–Kier alpha value is -0.750. The SMILES string of the molecule is COC1C(O[C@H]2CC[C@@]3(C)C(C2)[C@H](O)C[C@]2(O)C3CC[C@@]3(C)C2C(OS(=O)(=O)O)[C@H](O)[C@@H]3[C@H](C)/C=C/[C@H](CO)C(C)C)OCC(O)C1O. The van der Waals surface area contributed by atoms with Crippen LogP contribution in [0.2, 0.25) is 0 Å². The van der Waals surface area contributed by atoms with Gasteiger partial charge >= 0.3 is 10.4 Å². The van der Waals surface area contributed by atoms with Gasteiger partial charge in [0.25, 0.3) is 0 Å². The molecule has 7 N–H and O–H groups in total. The van der Waals surface area contributed by atoms with Crippen LogP contribution in [-0.2, 0) is 28.8 Å². The Balaban J connectivity index is 1.43. The van der Waals surface area contributed by atoms with Crippen molar-refractivity contribution >= 4 is 10.4 Å². The topological polar surface area (TPSA) is 213 Å². The maximum Gasteiger partial charge on any atom is 0.397 e. The van der Waals surface area contributed by atoms with Gasteiger partial charge < -0.3 is 44.8 Å². The first-order valence-electron chi connectivity index (χ1n) is 17.5. The second-order valence-electron chi connectivity index (χ2n) is 16.3. The molecule has 1 saturated heterocycles. The van der Waals surface area contributed by atoms with Gasteiger partial charge in [0, 0.05) is 32.0 Å². The third-order valence-electron chi connectivity index (χ3n) is 13.3. The van der Waals surface area contributed by atoms with E-state index in [2.05, 4.69) is 6.92 Å². The molecule has 1 heterocycles. The van der Waals surface area contributed by atoms with E-state index in [-0.39, 0.29) is 55.3 Å². The fourth-order valence-corrected chi connectivity index (χ4v) is 11.5. The lowest BCUT2D eigenvalue weighted by Crippen LogP contribution is -2.69. The van der Waals surface area contributed by atoms with Gasteiger partial charge in [0.15, 0.2) is 6.29 Å². The normalized spacial score (nSPS) is 49.4. The lowest BCUT2D eigenvalue weighted by Gasteiger charge is -2.66. The highest BCUT2D eigenvalue weighted by molar-refractivity contribution is 7.80. The Labute approximate surface area is 284 Å². The van der Waals surface area contributed by atoms with Crippen LogP contribution in [0.25, 0.3) is 0 Å². The van der Waals surface area contributed by atoms with Crippen molar-refractivity contribution in [1.82, 2.24) is 0 Å². The van der Waals surface area contributed by atoms with Crippen LogP contribution in [0, 0.1) is 52.3 Å². The maximum atomic E-state index is 12.9. The van der Waals surface area contributed by atoms with Gasteiger partial charge in [0.05, 0.1) is 30.5 Å². The summed E-state index contributed by atoms with van der Waals surface area (Å²) in [7, 11) is -3.61. The predicted molar refractivity (Wildman–Crippen MR) is 172 cm³/mol. The van der Waals surface area contributed by atoms with E-state index in [0.29, 0.717) is 32.1 Å². The summed E-state index contributed by atoms with van der Waals surface area (Å²) < 4.78 is 56.9. The number of fused-ring (bicyclic) bond motifs is 5. The maximum absolute atomic E-state index is 12.9. The van der Waals surface area contributed by atoms with Gasteiger partial charge in [-0.15, -0.1) is 0 Å². The van der Waals surface area contributed by atoms with Crippen LogP contribution in [0.15, 0.2) is 12.2 Å². The van der Waals surface area contributed by atoms with E-state index in [1.165, 1.54) is 7.11 Å². The van der Waals surface area contributed by atoms with Crippen LogP contribution in [-0.4, -0.2) is 119 Å². The summed E-state index contributed by atoms with van der Waals surface area (Å²) in [6, 6.07) is 0. The zero-order valence-corrected chi connectivity index (χ0v) is 29.8. The molecule has 0 aromatic carbocycles. The zero-order chi connectivity index (χ0) is 35.6. The Bertz CT molecular complexity index is 1260. The molecule has 278 valence electrons. The lowest BCUT2D eigenvalue weighted by molar-refractivity contribution is -0.303. The summed E-state index contributed by atoms with van der Waals surface area (Å²) in [6.45, 7) is 9.77. The number of ether oxygens (including phenoxy) is 3. The molecule has 13 nitrogen and oxygen atoms in total. The molecular formula is C34H58O13S. The highest BCUT2D eigenvalue weighted by Gasteiger charge is 2.73. The Morgan fingerprint density at radius 1 is 0.958 bits per heavy atom. The Morgan fingerprint density at radius 2 is 1.62 bits per heavy atom. The summed E-state index contributed by atoms with van der Waals surface area (Å²) >= 11 is 0. The second-order valence-corrected chi connectivity index (χ2v) is 17.3. The van der Waals surface area contributed by atoms with Gasteiger partial charge in [-0.05, 0) is 72.5 Å². The van der Waals surface area contributed by atoms with E-state index in [4.69, 9.17) is 18.4 Å². The molecule has 8 unspecified atom stereocenters. The molecule has 4 aliphatic carbocycles. The van der Waals surface area contributed by atoms with Crippen molar-refractivity contribution in [1.29, 1.82) is 0 Å². The predicted octanol–water partition coefficient (Wildman–Crippen LogP) is 1.43. The minimum atomic E-state index is -5.02. The minimum Gasteiger partial charge on any atom is -0.396 e. The van der Waals surface area contributed by atoms with Crippen molar-refractivity contribution < 1.29 is 62.0 Å². The van der Waals surface area contributed by atoms with Crippen LogP contribution >= 0.6 is 0 Å². The van der Waals surface area contributed by atoms with E-state index < -0.39 is 81.6 Å². The Morgan fingerprint density at radius 3 is 2.23 bits per heavy atom. The quantitative estimate of drug-likeness (QED) is 0.0975. The number of methoxy groups -OCH3 is 1. The molecule has 14 heteroatoms. The number of hydrogen-bond acceptors (Lipinski definition) is 12. The second kappa shape index (κ2) is 14.0. The molecular weight excluding hydrogens is 648 g/mol. The molecule has 1 aliphatic heterocycles. The van der Waals surface area contributed by atoms with E-state index in [0.717, 1.165) is 0 Å². The summed E-state index contributed by atoms with van der Waals surface area (Å²) in [4.78, 5) is 0. The van der Waals surface area contributed by atoms with Gasteiger partial charge in [0.2, 0.25) is 0 Å². The van der Waals surface area contributed by atoms with Crippen molar-refractivity contribution in [3.8, 4) is 0 Å². The van der Waals surface area contributed by atoms with Crippen molar-refractivity contribution in [3.05, 3.63) is 12.2 Å². The van der Waals surface area contributed by atoms with E-state index in [1.807, 2.05) is 39.8 Å². The van der Waals surface area contributed by atoms with Gasteiger partial charge in [-0.1, -0.05) is 46.8 Å². The molecule has 5 aliphatic rings. The molecule has 5 fully saturated rings. The van der Waals surface area contributed by atoms with E-state index in [9.17, 15) is 43.6 Å². The van der Waals surface area contributed by atoms with E-state index in [1.54, 1.807) is 0 Å². The highest BCUT2D eigenvalue weighted by Crippen LogP contribution is 2.70. The van der Waals surface area contributed by atoms with Gasteiger partial charge in [-0.2, -0.15) is 8.42 Å². The monoisotopic (exact) mass is 706 g/mol. The first-order chi connectivity index (χ1) is 22.3. The molecule has 0 aromatic rings. The number of aliphatic hydroxyl groups excluding tert-OH is 5. The molecule has 0 spiro atoms. The van der Waals surface area contributed by atoms with Gasteiger partial charge in [0.1, 0.15) is 24.4 Å². The standard InChI is InChI=1S/C34H58O13S/c1-17(2)19(15-35)8-7-18(3)25-27(39)28(47-48(41,42)43)30-33(25,5)12-10-24-32(4)11-9-20(13-21(32)22(36)14-34(24,30)40)46-31-29(44-6)26(38)23(37)16-45-31/h7-8,17-31,35-40H,9-16H2,1-6H3,(H,41,42,43)/b8-7+/t18-,19-,20+,21?,22-,23?,24?,25+,26?,27-,28?,29?,30?,31?,32+,33-,34+/m1/s1. The first kappa shape index (κ1) is 38.5.